The van der Waals surface area contributed by atoms with Crippen LogP contribution in [-0.2, 0) is 0 Å². The molecule has 3 heterocycles. The van der Waals surface area contributed by atoms with Crippen LogP contribution >= 0.6 is 27.3 Å². The maximum Gasteiger partial charge on any atom is 0.137 e. The number of thiophene rings is 1. The van der Waals surface area contributed by atoms with Crippen LogP contribution in [0.1, 0.15) is 13.3 Å². The average molecular weight is 311 g/mol. The van der Waals surface area contributed by atoms with Crippen LogP contribution < -0.4 is 4.90 Å². The molecule has 1 aliphatic rings. The zero-order valence-electron chi connectivity index (χ0n) is 9.77. The van der Waals surface area contributed by atoms with Crippen LogP contribution in [0, 0.1) is 5.92 Å². The molecule has 0 amide bonds. The number of pyridine rings is 1. The van der Waals surface area contributed by atoms with E-state index in [1.165, 1.54) is 16.5 Å². The second kappa shape index (κ2) is 4.58. The molecule has 2 aromatic heterocycles. The molecule has 0 bridgehead atoms. The molecular formula is C13H15BrN2S. The Morgan fingerprint density at radius 3 is 3.24 bits per heavy atom. The summed E-state index contributed by atoms with van der Waals surface area (Å²) in [6.45, 7) is 3.46. The van der Waals surface area contributed by atoms with Gasteiger partial charge in [0, 0.05) is 34.2 Å². The van der Waals surface area contributed by atoms with Gasteiger partial charge in [0.1, 0.15) is 5.82 Å². The first-order chi connectivity index (χ1) is 8.31. The topological polar surface area (TPSA) is 16.1 Å². The predicted molar refractivity (Wildman–Crippen MR) is 78.3 cm³/mol. The lowest BCUT2D eigenvalue weighted by atomic mass is 10.1. The molecule has 0 radical (unpaired) electrons. The number of halogens is 1. The minimum atomic E-state index is 0.577. The largest absolute Gasteiger partial charge is 0.352 e. The Morgan fingerprint density at radius 1 is 1.53 bits per heavy atom. The van der Waals surface area contributed by atoms with Gasteiger partial charge in [0.25, 0.3) is 0 Å². The minimum Gasteiger partial charge on any atom is -0.352 e. The average Bonchev–Trinajstić information content (AvgIpc) is 2.94. The van der Waals surface area contributed by atoms with Crippen molar-refractivity contribution in [3.63, 3.8) is 0 Å². The normalized spacial score (nSPS) is 24.7. The summed E-state index contributed by atoms with van der Waals surface area (Å²) in [7, 11) is 0. The van der Waals surface area contributed by atoms with E-state index in [1.807, 2.05) is 6.20 Å². The van der Waals surface area contributed by atoms with E-state index < -0.39 is 0 Å². The smallest absolute Gasteiger partial charge is 0.137 e. The van der Waals surface area contributed by atoms with Gasteiger partial charge in [-0.15, -0.1) is 11.3 Å². The quantitative estimate of drug-likeness (QED) is 0.782. The fourth-order valence-electron chi connectivity index (χ4n) is 2.62. The molecule has 17 heavy (non-hydrogen) atoms. The number of hydrogen-bond acceptors (Lipinski definition) is 3. The third-order valence-corrected chi connectivity index (χ3v) is 5.22. The second-order valence-corrected chi connectivity index (χ2v) is 6.24. The fraction of sp³-hybridized carbons (Fsp3) is 0.462. The Bertz CT molecular complexity index is 525. The van der Waals surface area contributed by atoms with Crippen molar-refractivity contribution in [2.24, 2.45) is 5.92 Å². The highest BCUT2D eigenvalue weighted by Crippen LogP contribution is 2.35. The first kappa shape index (κ1) is 11.5. The molecule has 2 unspecified atom stereocenters. The Kier molecular flexibility index (Phi) is 3.09. The van der Waals surface area contributed by atoms with Crippen LogP contribution in [0.5, 0.6) is 0 Å². The maximum atomic E-state index is 4.61. The molecule has 1 saturated heterocycles. The van der Waals surface area contributed by atoms with Crippen molar-refractivity contribution >= 4 is 43.2 Å². The van der Waals surface area contributed by atoms with Crippen molar-refractivity contribution in [1.82, 2.24) is 4.98 Å². The summed E-state index contributed by atoms with van der Waals surface area (Å²) in [6, 6.07) is 4.87. The van der Waals surface area contributed by atoms with E-state index in [4.69, 9.17) is 0 Å². The molecular weight excluding hydrogens is 296 g/mol. The summed E-state index contributed by atoms with van der Waals surface area (Å²) in [5.74, 6) is 1.91. The van der Waals surface area contributed by atoms with E-state index in [2.05, 4.69) is 50.3 Å². The summed E-state index contributed by atoms with van der Waals surface area (Å²) in [6.07, 6.45) is 3.20. The SMILES string of the molecule is CC1CCN(c2nccc3sccc23)C1CBr. The summed E-state index contributed by atoms with van der Waals surface area (Å²) >= 11 is 5.43. The highest BCUT2D eigenvalue weighted by Gasteiger charge is 2.31. The molecule has 1 aliphatic heterocycles. The highest BCUT2D eigenvalue weighted by atomic mass is 79.9. The lowest BCUT2D eigenvalue weighted by Crippen LogP contribution is -2.34. The van der Waals surface area contributed by atoms with Crippen molar-refractivity contribution in [2.45, 2.75) is 19.4 Å². The molecule has 0 aliphatic carbocycles. The second-order valence-electron chi connectivity index (χ2n) is 4.65. The molecule has 2 aromatic rings. The van der Waals surface area contributed by atoms with Crippen molar-refractivity contribution < 1.29 is 0 Å². The van der Waals surface area contributed by atoms with Crippen LogP contribution in [0.3, 0.4) is 0 Å². The maximum absolute atomic E-state index is 4.61. The molecule has 0 aromatic carbocycles. The predicted octanol–water partition coefficient (Wildman–Crippen LogP) is 3.91. The summed E-state index contributed by atoms with van der Waals surface area (Å²) in [4.78, 5) is 7.07. The zero-order valence-corrected chi connectivity index (χ0v) is 12.2. The molecule has 90 valence electrons. The van der Waals surface area contributed by atoms with Gasteiger partial charge in [-0.2, -0.15) is 0 Å². The molecule has 2 nitrogen and oxygen atoms in total. The van der Waals surface area contributed by atoms with E-state index in [-0.39, 0.29) is 0 Å². The Balaban J connectivity index is 2.06. The van der Waals surface area contributed by atoms with Gasteiger partial charge < -0.3 is 4.90 Å². The van der Waals surface area contributed by atoms with E-state index in [0.29, 0.717) is 6.04 Å². The van der Waals surface area contributed by atoms with Gasteiger partial charge in [-0.1, -0.05) is 22.9 Å². The van der Waals surface area contributed by atoms with Crippen LogP contribution in [0.4, 0.5) is 5.82 Å². The number of rotatable bonds is 2. The van der Waals surface area contributed by atoms with Crippen molar-refractivity contribution in [3.05, 3.63) is 23.7 Å². The number of hydrogen-bond donors (Lipinski definition) is 0. The molecule has 1 fully saturated rings. The monoisotopic (exact) mass is 310 g/mol. The Morgan fingerprint density at radius 2 is 2.41 bits per heavy atom. The van der Waals surface area contributed by atoms with Gasteiger partial charge in [-0.3, -0.25) is 0 Å². The number of alkyl halides is 1. The van der Waals surface area contributed by atoms with Gasteiger partial charge in [0.05, 0.1) is 0 Å². The van der Waals surface area contributed by atoms with E-state index in [1.54, 1.807) is 11.3 Å². The number of nitrogens with zero attached hydrogens (tertiary/aromatic N) is 2. The van der Waals surface area contributed by atoms with E-state index in [0.717, 1.165) is 23.6 Å². The molecule has 0 spiro atoms. The minimum absolute atomic E-state index is 0.577. The van der Waals surface area contributed by atoms with Crippen LogP contribution in [0.15, 0.2) is 23.7 Å². The zero-order chi connectivity index (χ0) is 11.8. The van der Waals surface area contributed by atoms with Crippen LogP contribution in [0.2, 0.25) is 0 Å². The van der Waals surface area contributed by atoms with Gasteiger partial charge in [0.15, 0.2) is 0 Å². The Hall–Kier alpha value is -0.610. The first-order valence-electron chi connectivity index (χ1n) is 5.96. The highest BCUT2D eigenvalue weighted by molar-refractivity contribution is 9.09. The summed E-state index contributed by atoms with van der Waals surface area (Å²) < 4.78 is 1.34. The van der Waals surface area contributed by atoms with Gasteiger partial charge in [0.2, 0.25) is 0 Å². The third-order valence-electron chi connectivity index (χ3n) is 3.67. The Labute approximate surface area is 114 Å². The van der Waals surface area contributed by atoms with Gasteiger partial charge in [-0.25, -0.2) is 4.98 Å². The van der Waals surface area contributed by atoms with Crippen molar-refractivity contribution in [2.75, 3.05) is 16.8 Å². The lowest BCUT2D eigenvalue weighted by Gasteiger charge is -2.26. The number of aromatic nitrogens is 1. The summed E-state index contributed by atoms with van der Waals surface area (Å²) in [5.41, 5.74) is 0. The molecule has 2 atom stereocenters. The van der Waals surface area contributed by atoms with Crippen LogP contribution in [0.25, 0.3) is 10.1 Å². The van der Waals surface area contributed by atoms with Gasteiger partial charge >= 0.3 is 0 Å². The summed E-state index contributed by atoms with van der Waals surface area (Å²) in [5, 5.41) is 4.48. The molecule has 3 rings (SSSR count). The molecule has 0 saturated carbocycles. The van der Waals surface area contributed by atoms with Crippen molar-refractivity contribution in [1.29, 1.82) is 0 Å². The van der Waals surface area contributed by atoms with E-state index in [9.17, 15) is 0 Å². The fourth-order valence-corrected chi connectivity index (χ4v) is 4.38. The molecule has 4 heteroatoms. The number of anilines is 1. The van der Waals surface area contributed by atoms with Crippen LogP contribution in [-0.4, -0.2) is 22.9 Å². The third kappa shape index (κ3) is 1.87. The van der Waals surface area contributed by atoms with Crippen molar-refractivity contribution in [3.8, 4) is 0 Å². The molecule has 0 N–H and O–H groups in total. The van der Waals surface area contributed by atoms with E-state index >= 15 is 0 Å². The first-order valence-corrected chi connectivity index (χ1v) is 7.96. The van der Waals surface area contributed by atoms with Gasteiger partial charge in [-0.05, 0) is 29.9 Å². The number of fused-ring (bicyclic) bond motifs is 1. The standard InChI is InChI=1S/C13H15BrN2S/c1-9-3-6-16(11(9)8-14)13-10-4-7-17-12(10)2-5-15-13/h2,4-5,7,9,11H,3,6,8H2,1H3. The lowest BCUT2D eigenvalue weighted by molar-refractivity contribution is 0.553.